The summed E-state index contributed by atoms with van der Waals surface area (Å²) in [7, 11) is 1.30. The Labute approximate surface area is 132 Å². The van der Waals surface area contributed by atoms with E-state index in [-0.39, 0.29) is 12.4 Å². The smallest absolute Gasteiger partial charge is 0.309 e. The third-order valence-electron chi connectivity index (χ3n) is 3.60. The predicted molar refractivity (Wildman–Crippen MR) is 76.6 cm³/mol. The first-order chi connectivity index (χ1) is 11.0. The maximum atomic E-state index is 11.2. The molecule has 0 amide bonds. The van der Waals surface area contributed by atoms with E-state index in [9.17, 15) is 20.1 Å². The first-order valence-electron chi connectivity index (χ1n) is 7.09. The van der Waals surface area contributed by atoms with Crippen LogP contribution in [0.3, 0.4) is 0 Å². The molecule has 1 fully saturated rings. The maximum absolute atomic E-state index is 11.2. The number of rotatable bonds is 5. The van der Waals surface area contributed by atoms with Gasteiger partial charge < -0.3 is 34.6 Å². The van der Waals surface area contributed by atoms with E-state index in [1.165, 1.54) is 7.11 Å². The lowest BCUT2D eigenvalue weighted by Crippen LogP contribution is -2.60. The van der Waals surface area contributed by atoms with Gasteiger partial charge in [0.2, 0.25) is 6.29 Å². The molecule has 0 aromatic heterocycles. The number of aliphatic hydroxyl groups is 4. The fourth-order valence-corrected chi connectivity index (χ4v) is 2.22. The molecular weight excluding hydrogens is 308 g/mol. The zero-order chi connectivity index (χ0) is 17.0. The monoisotopic (exact) mass is 328 g/mol. The molecule has 8 nitrogen and oxygen atoms in total. The summed E-state index contributed by atoms with van der Waals surface area (Å²) in [6.45, 7) is -0.525. The van der Waals surface area contributed by atoms with E-state index in [1.54, 1.807) is 24.3 Å². The van der Waals surface area contributed by atoms with Crippen LogP contribution in [0.4, 0.5) is 0 Å². The van der Waals surface area contributed by atoms with Crippen LogP contribution in [0.1, 0.15) is 5.56 Å². The summed E-state index contributed by atoms with van der Waals surface area (Å²) in [6.07, 6.45) is -6.55. The second-order valence-corrected chi connectivity index (χ2v) is 5.21. The number of benzene rings is 1. The van der Waals surface area contributed by atoms with Gasteiger partial charge in [-0.25, -0.2) is 0 Å². The van der Waals surface area contributed by atoms with Crippen molar-refractivity contribution in [2.24, 2.45) is 0 Å². The quantitative estimate of drug-likeness (QED) is 0.485. The lowest BCUT2D eigenvalue weighted by molar-refractivity contribution is -0.277. The maximum Gasteiger partial charge on any atom is 0.309 e. The molecule has 1 saturated heterocycles. The van der Waals surface area contributed by atoms with Gasteiger partial charge in [-0.3, -0.25) is 4.79 Å². The average Bonchev–Trinajstić information content (AvgIpc) is 2.56. The number of aliphatic hydroxyl groups excluding tert-OH is 4. The van der Waals surface area contributed by atoms with Crippen molar-refractivity contribution in [3.05, 3.63) is 29.8 Å². The van der Waals surface area contributed by atoms with Crippen LogP contribution in [0.5, 0.6) is 5.75 Å². The zero-order valence-electron chi connectivity index (χ0n) is 12.5. The highest BCUT2D eigenvalue weighted by Gasteiger charge is 2.44. The van der Waals surface area contributed by atoms with Gasteiger partial charge in [0, 0.05) is 0 Å². The van der Waals surface area contributed by atoms with Gasteiger partial charge in [-0.15, -0.1) is 0 Å². The number of carbonyl (C=O) groups excluding carboxylic acids is 1. The molecule has 4 N–H and O–H groups in total. The third-order valence-corrected chi connectivity index (χ3v) is 3.60. The van der Waals surface area contributed by atoms with Crippen molar-refractivity contribution < 1.29 is 39.4 Å². The summed E-state index contributed by atoms with van der Waals surface area (Å²) in [6, 6.07) is 6.44. The summed E-state index contributed by atoms with van der Waals surface area (Å²) in [5.41, 5.74) is 0.720. The number of ether oxygens (including phenoxy) is 3. The predicted octanol–water partition coefficient (Wildman–Crippen LogP) is -1.42. The Morgan fingerprint density at radius 3 is 2.35 bits per heavy atom. The number of esters is 1. The minimum absolute atomic E-state index is 0.122. The Balaban J connectivity index is 2.01. The standard InChI is InChI=1S/C15H20O8/c1-21-11(17)6-8-2-4-9(5-3-8)22-15-14(20)13(19)12(18)10(7-16)23-15/h2-5,10,12-16,18-20H,6-7H2,1H3/t10-,12-,13+,14+,15+/m1/s1. The third kappa shape index (κ3) is 4.18. The summed E-state index contributed by atoms with van der Waals surface area (Å²) < 4.78 is 15.2. The van der Waals surface area contributed by atoms with Crippen LogP contribution < -0.4 is 4.74 Å². The molecule has 0 radical (unpaired) electrons. The van der Waals surface area contributed by atoms with E-state index in [2.05, 4.69) is 4.74 Å². The van der Waals surface area contributed by atoms with Gasteiger partial charge in [-0.05, 0) is 17.7 Å². The van der Waals surface area contributed by atoms with Crippen LogP contribution in [0.25, 0.3) is 0 Å². The molecule has 1 aromatic carbocycles. The van der Waals surface area contributed by atoms with Crippen molar-refractivity contribution in [2.45, 2.75) is 37.1 Å². The second kappa shape index (κ2) is 7.71. The number of methoxy groups -OCH3 is 1. The Kier molecular flexibility index (Phi) is 5.91. The van der Waals surface area contributed by atoms with E-state index in [0.717, 1.165) is 5.56 Å². The summed E-state index contributed by atoms with van der Waals surface area (Å²) in [4.78, 5) is 11.2. The number of carbonyl (C=O) groups is 1. The van der Waals surface area contributed by atoms with E-state index < -0.39 is 37.3 Å². The lowest BCUT2D eigenvalue weighted by Gasteiger charge is -2.39. The fraction of sp³-hybridized carbons (Fsp3) is 0.533. The highest BCUT2D eigenvalue weighted by Crippen LogP contribution is 2.24. The topological polar surface area (TPSA) is 126 Å². The molecule has 1 aliphatic heterocycles. The molecule has 5 atom stereocenters. The van der Waals surface area contributed by atoms with Gasteiger partial charge in [0.05, 0.1) is 20.1 Å². The molecule has 0 unspecified atom stereocenters. The van der Waals surface area contributed by atoms with Gasteiger partial charge in [-0.1, -0.05) is 12.1 Å². The van der Waals surface area contributed by atoms with Gasteiger partial charge in [-0.2, -0.15) is 0 Å². The van der Waals surface area contributed by atoms with Crippen LogP contribution in [0.2, 0.25) is 0 Å². The van der Waals surface area contributed by atoms with E-state index >= 15 is 0 Å². The largest absolute Gasteiger partial charge is 0.469 e. The molecule has 8 heteroatoms. The second-order valence-electron chi connectivity index (χ2n) is 5.21. The molecule has 2 rings (SSSR count). The van der Waals surface area contributed by atoms with E-state index in [1.807, 2.05) is 0 Å². The van der Waals surface area contributed by atoms with Crippen LogP contribution in [0, 0.1) is 0 Å². The Bertz CT molecular complexity index is 515. The molecule has 0 bridgehead atoms. The summed E-state index contributed by atoms with van der Waals surface area (Å²) >= 11 is 0. The van der Waals surface area contributed by atoms with E-state index in [0.29, 0.717) is 5.75 Å². The van der Waals surface area contributed by atoms with Crippen LogP contribution in [-0.2, 0) is 20.7 Å². The van der Waals surface area contributed by atoms with Crippen molar-refractivity contribution in [1.82, 2.24) is 0 Å². The van der Waals surface area contributed by atoms with E-state index in [4.69, 9.17) is 14.6 Å². The van der Waals surface area contributed by atoms with Gasteiger partial charge in [0.15, 0.2) is 0 Å². The minimum atomic E-state index is -1.50. The minimum Gasteiger partial charge on any atom is -0.469 e. The van der Waals surface area contributed by atoms with Crippen LogP contribution in [0.15, 0.2) is 24.3 Å². The lowest BCUT2D eigenvalue weighted by atomic mass is 9.99. The molecule has 1 heterocycles. The molecule has 1 aliphatic rings. The van der Waals surface area contributed by atoms with Crippen molar-refractivity contribution in [2.75, 3.05) is 13.7 Å². The molecule has 1 aromatic rings. The number of hydrogen-bond donors (Lipinski definition) is 4. The summed E-state index contributed by atoms with van der Waals surface area (Å²) in [5, 5.41) is 38.4. The van der Waals surface area contributed by atoms with Crippen molar-refractivity contribution in [3.8, 4) is 5.75 Å². The normalized spacial score (nSPS) is 30.7. The first-order valence-corrected chi connectivity index (χ1v) is 7.09. The Morgan fingerprint density at radius 1 is 1.13 bits per heavy atom. The fourth-order valence-electron chi connectivity index (χ4n) is 2.22. The van der Waals surface area contributed by atoms with Crippen LogP contribution >= 0.6 is 0 Å². The molecule has 0 aliphatic carbocycles. The highest BCUT2D eigenvalue weighted by atomic mass is 16.7. The van der Waals surface area contributed by atoms with Crippen molar-refractivity contribution in [3.63, 3.8) is 0 Å². The Morgan fingerprint density at radius 2 is 1.78 bits per heavy atom. The highest BCUT2D eigenvalue weighted by molar-refractivity contribution is 5.72. The molecule has 128 valence electrons. The van der Waals surface area contributed by atoms with Crippen molar-refractivity contribution >= 4 is 5.97 Å². The van der Waals surface area contributed by atoms with Gasteiger partial charge >= 0.3 is 5.97 Å². The molecule has 0 saturated carbocycles. The number of hydrogen-bond acceptors (Lipinski definition) is 8. The SMILES string of the molecule is COC(=O)Cc1ccc(O[C@H]2O[C@H](CO)[C@@H](O)[C@H](O)[C@@H]2O)cc1. The average molecular weight is 328 g/mol. The van der Waals surface area contributed by atoms with Crippen LogP contribution in [-0.4, -0.2) is 70.8 Å². The molecular formula is C15H20O8. The summed E-state index contributed by atoms with van der Waals surface area (Å²) in [5.74, 6) is -0.0319. The first kappa shape index (κ1) is 17.6. The Hall–Kier alpha value is -1.71. The molecule has 23 heavy (non-hydrogen) atoms. The van der Waals surface area contributed by atoms with Crippen molar-refractivity contribution in [1.29, 1.82) is 0 Å². The van der Waals surface area contributed by atoms with Gasteiger partial charge in [0.1, 0.15) is 30.2 Å². The molecule has 0 spiro atoms. The zero-order valence-corrected chi connectivity index (χ0v) is 12.5. The van der Waals surface area contributed by atoms with Gasteiger partial charge in [0.25, 0.3) is 0 Å².